The number of hydrogen-bond acceptors (Lipinski definition) is 6. The number of rotatable bonds is 5. The van der Waals surface area contributed by atoms with Gasteiger partial charge in [0.15, 0.2) is 5.78 Å². The molecule has 0 atom stereocenters. The molecule has 2 saturated heterocycles. The minimum atomic E-state index is -0.471. The number of halogens is 1. The largest absolute Gasteiger partial charge is 0.378 e. The molecular weight excluding hydrogens is 417 g/mol. The summed E-state index contributed by atoms with van der Waals surface area (Å²) in [6.07, 6.45) is 1.09. The highest BCUT2D eigenvalue weighted by atomic mass is 19.1. The summed E-state index contributed by atoms with van der Waals surface area (Å²) in [5.74, 6) is -0.880. The lowest BCUT2D eigenvalue weighted by atomic mass is 9.88. The predicted octanol–water partition coefficient (Wildman–Crippen LogP) is 3.31. The third-order valence-electron chi connectivity index (χ3n) is 6.05. The van der Waals surface area contributed by atoms with Crippen LogP contribution in [0.2, 0.25) is 0 Å². The molecule has 2 aromatic carbocycles. The number of amides is 1. The number of piperidine rings is 1. The first kappa shape index (κ1) is 21.9. The van der Waals surface area contributed by atoms with E-state index in [9.17, 15) is 24.1 Å². The van der Waals surface area contributed by atoms with Gasteiger partial charge in [-0.15, -0.1) is 0 Å². The van der Waals surface area contributed by atoms with Gasteiger partial charge in [0.1, 0.15) is 11.5 Å². The second-order valence-electron chi connectivity index (χ2n) is 8.00. The number of nitro groups is 1. The number of ether oxygens (including phenoxy) is 1. The van der Waals surface area contributed by atoms with Crippen LogP contribution < -0.4 is 4.90 Å². The van der Waals surface area contributed by atoms with Crippen LogP contribution in [0, 0.1) is 21.8 Å². The number of morpholine rings is 1. The van der Waals surface area contributed by atoms with Crippen LogP contribution in [-0.2, 0) is 4.74 Å². The predicted molar refractivity (Wildman–Crippen MR) is 115 cm³/mol. The van der Waals surface area contributed by atoms with Crippen molar-refractivity contribution in [1.82, 2.24) is 4.90 Å². The Morgan fingerprint density at radius 2 is 1.59 bits per heavy atom. The molecule has 4 rings (SSSR count). The molecule has 0 aromatic heterocycles. The lowest BCUT2D eigenvalue weighted by Crippen LogP contribution is -2.40. The summed E-state index contributed by atoms with van der Waals surface area (Å²) >= 11 is 0. The van der Waals surface area contributed by atoms with E-state index in [0.29, 0.717) is 63.5 Å². The Bertz CT molecular complexity index is 1010. The zero-order valence-corrected chi connectivity index (χ0v) is 17.5. The van der Waals surface area contributed by atoms with Crippen LogP contribution in [0.15, 0.2) is 42.5 Å². The van der Waals surface area contributed by atoms with Crippen molar-refractivity contribution in [2.75, 3.05) is 44.3 Å². The van der Waals surface area contributed by atoms with Crippen LogP contribution >= 0.6 is 0 Å². The van der Waals surface area contributed by atoms with Crippen molar-refractivity contribution in [2.45, 2.75) is 12.8 Å². The summed E-state index contributed by atoms with van der Waals surface area (Å²) in [5.41, 5.74) is 1.08. The number of Topliss-reactive ketones (excluding diaryl/α,β-unsaturated/α-hetero) is 1. The van der Waals surface area contributed by atoms with Gasteiger partial charge in [0.2, 0.25) is 0 Å². The van der Waals surface area contributed by atoms with Crippen LogP contribution in [0.5, 0.6) is 0 Å². The number of anilines is 1. The molecule has 1 amide bonds. The molecule has 2 aliphatic rings. The van der Waals surface area contributed by atoms with Crippen molar-refractivity contribution in [3.8, 4) is 0 Å². The summed E-state index contributed by atoms with van der Waals surface area (Å²) in [4.78, 5) is 40.2. The van der Waals surface area contributed by atoms with E-state index in [4.69, 9.17) is 4.74 Å². The van der Waals surface area contributed by atoms with Crippen molar-refractivity contribution in [3.63, 3.8) is 0 Å². The fraction of sp³-hybridized carbons (Fsp3) is 0.391. The van der Waals surface area contributed by atoms with Crippen LogP contribution in [0.3, 0.4) is 0 Å². The van der Waals surface area contributed by atoms with E-state index in [-0.39, 0.29) is 34.7 Å². The monoisotopic (exact) mass is 441 g/mol. The molecule has 2 heterocycles. The van der Waals surface area contributed by atoms with Crippen molar-refractivity contribution in [3.05, 3.63) is 69.5 Å². The molecule has 32 heavy (non-hydrogen) atoms. The van der Waals surface area contributed by atoms with Gasteiger partial charge in [-0.05, 0) is 49.2 Å². The lowest BCUT2D eigenvalue weighted by molar-refractivity contribution is -0.384. The van der Waals surface area contributed by atoms with Gasteiger partial charge in [0, 0.05) is 49.3 Å². The molecule has 0 saturated carbocycles. The molecule has 2 aromatic rings. The number of ketones is 1. The van der Waals surface area contributed by atoms with E-state index >= 15 is 0 Å². The van der Waals surface area contributed by atoms with E-state index in [2.05, 4.69) is 0 Å². The summed E-state index contributed by atoms with van der Waals surface area (Å²) in [6, 6.07) is 10.1. The third kappa shape index (κ3) is 4.62. The van der Waals surface area contributed by atoms with Gasteiger partial charge in [0.25, 0.3) is 11.6 Å². The fourth-order valence-corrected chi connectivity index (χ4v) is 4.25. The molecule has 9 heteroatoms. The molecule has 0 unspecified atom stereocenters. The Morgan fingerprint density at radius 1 is 0.969 bits per heavy atom. The van der Waals surface area contributed by atoms with Crippen LogP contribution in [0.1, 0.15) is 33.6 Å². The van der Waals surface area contributed by atoms with Crippen molar-refractivity contribution in [1.29, 1.82) is 0 Å². The van der Waals surface area contributed by atoms with Gasteiger partial charge >= 0.3 is 0 Å². The van der Waals surface area contributed by atoms with Crippen molar-refractivity contribution in [2.24, 2.45) is 5.92 Å². The summed E-state index contributed by atoms with van der Waals surface area (Å²) in [6.45, 7) is 2.80. The molecule has 168 valence electrons. The zero-order valence-electron chi connectivity index (χ0n) is 17.5. The number of benzene rings is 2. The Labute approximate surface area is 184 Å². The van der Waals surface area contributed by atoms with Gasteiger partial charge < -0.3 is 14.5 Å². The van der Waals surface area contributed by atoms with Crippen LogP contribution in [0.4, 0.5) is 15.8 Å². The Kier molecular flexibility index (Phi) is 6.45. The average molecular weight is 441 g/mol. The first-order chi connectivity index (χ1) is 15.4. The standard InChI is InChI=1S/C23H24FN3O5/c24-19-4-1-16(2-5-19)22(28)17-7-9-25(10-8-17)20-6-3-18(15-21(20)27(30)31)23(29)26-11-13-32-14-12-26/h1-6,15,17H,7-14H2. The first-order valence-electron chi connectivity index (χ1n) is 10.6. The molecule has 0 radical (unpaired) electrons. The number of hydrogen-bond donors (Lipinski definition) is 0. The first-order valence-corrected chi connectivity index (χ1v) is 10.6. The average Bonchev–Trinajstić information content (AvgIpc) is 2.84. The number of carbonyl (C=O) groups excluding carboxylic acids is 2. The molecular formula is C23H24FN3O5. The SMILES string of the molecule is O=C(c1ccc(F)cc1)C1CCN(c2ccc(C(=O)N3CCOCC3)cc2[N+](=O)[O-])CC1. The highest BCUT2D eigenvalue weighted by Gasteiger charge is 2.30. The lowest BCUT2D eigenvalue weighted by Gasteiger charge is -2.33. The summed E-state index contributed by atoms with van der Waals surface area (Å²) < 4.78 is 18.4. The van der Waals surface area contributed by atoms with Gasteiger partial charge in [-0.3, -0.25) is 19.7 Å². The van der Waals surface area contributed by atoms with Crippen molar-refractivity contribution < 1.29 is 23.6 Å². The molecule has 2 fully saturated rings. The number of nitrogens with zero attached hydrogens (tertiary/aromatic N) is 3. The van der Waals surface area contributed by atoms with Crippen molar-refractivity contribution >= 4 is 23.1 Å². The van der Waals surface area contributed by atoms with Gasteiger partial charge in [-0.1, -0.05) is 0 Å². The van der Waals surface area contributed by atoms with Crippen LogP contribution in [-0.4, -0.2) is 60.9 Å². The van der Waals surface area contributed by atoms with E-state index in [1.807, 2.05) is 4.90 Å². The molecule has 0 bridgehead atoms. The molecule has 8 nitrogen and oxygen atoms in total. The second-order valence-corrected chi connectivity index (χ2v) is 8.00. The minimum absolute atomic E-state index is 0.0365. The Morgan fingerprint density at radius 3 is 2.22 bits per heavy atom. The second kappa shape index (κ2) is 9.44. The summed E-state index contributed by atoms with van der Waals surface area (Å²) in [5, 5.41) is 11.7. The van der Waals surface area contributed by atoms with E-state index < -0.39 is 4.92 Å². The minimum Gasteiger partial charge on any atom is -0.378 e. The number of carbonyl (C=O) groups is 2. The Hall–Kier alpha value is -3.33. The molecule has 0 aliphatic carbocycles. The van der Waals surface area contributed by atoms with Gasteiger partial charge in [-0.25, -0.2) is 4.39 Å². The highest BCUT2D eigenvalue weighted by molar-refractivity contribution is 5.98. The maximum atomic E-state index is 13.1. The topological polar surface area (TPSA) is 93.0 Å². The van der Waals surface area contributed by atoms with Crippen LogP contribution in [0.25, 0.3) is 0 Å². The molecule has 0 N–H and O–H groups in total. The number of nitro benzene ring substituents is 1. The normalized spacial score (nSPS) is 17.3. The summed E-state index contributed by atoms with van der Waals surface area (Å²) in [7, 11) is 0. The molecule has 0 spiro atoms. The van der Waals surface area contributed by atoms with E-state index in [1.54, 1.807) is 17.0 Å². The fourth-order valence-electron chi connectivity index (χ4n) is 4.25. The van der Waals surface area contributed by atoms with E-state index in [1.165, 1.54) is 30.3 Å². The quantitative estimate of drug-likeness (QED) is 0.402. The highest BCUT2D eigenvalue weighted by Crippen LogP contribution is 2.33. The Balaban J connectivity index is 1.46. The van der Waals surface area contributed by atoms with E-state index in [0.717, 1.165) is 0 Å². The third-order valence-corrected chi connectivity index (χ3v) is 6.05. The van der Waals surface area contributed by atoms with Gasteiger partial charge in [0.05, 0.1) is 18.1 Å². The zero-order chi connectivity index (χ0) is 22.7. The van der Waals surface area contributed by atoms with Gasteiger partial charge in [-0.2, -0.15) is 0 Å². The smallest absolute Gasteiger partial charge is 0.293 e. The maximum Gasteiger partial charge on any atom is 0.293 e. The molecule has 2 aliphatic heterocycles. The maximum absolute atomic E-state index is 13.1.